The maximum Gasteiger partial charge on any atom is 0.249 e. The summed E-state index contributed by atoms with van der Waals surface area (Å²) in [5.41, 5.74) is 8.65. The minimum Gasteiger partial charge on any atom is -0.384 e. The third-order valence-electron chi connectivity index (χ3n) is 3.88. The Morgan fingerprint density at radius 3 is 2.90 bits per heavy atom. The van der Waals surface area contributed by atoms with Crippen LogP contribution in [0.1, 0.15) is 41.9 Å². The second kappa shape index (κ2) is 5.99. The zero-order chi connectivity index (χ0) is 14.7. The van der Waals surface area contributed by atoms with Crippen LogP contribution in [0.3, 0.4) is 0 Å². The third-order valence-corrected chi connectivity index (χ3v) is 3.88. The summed E-state index contributed by atoms with van der Waals surface area (Å²) in [6.07, 6.45) is 7.41. The number of anilines is 1. The molecule has 1 aliphatic rings. The molecule has 0 spiro atoms. The Hall–Kier alpha value is -2.30. The molecule has 5 nitrogen and oxygen atoms in total. The van der Waals surface area contributed by atoms with Gasteiger partial charge < -0.3 is 16.0 Å². The molecule has 4 N–H and O–H groups in total. The standard InChI is InChI=1S/C16H20N4O/c17-16(21)11-6-5-7-12-15(11)13-10-19-14(20-13)8-3-1-2-4-9-18-12/h5-7,10,18H,1-4,8-9H2,(H2,17,21)(H,19,20). The molecule has 5 heteroatoms. The molecule has 0 unspecified atom stereocenters. The van der Waals surface area contributed by atoms with Crippen molar-refractivity contribution in [3.05, 3.63) is 35.8 Å². The highest BCUT2D eigenvalue weighted by atomic mass is 16.1. The van der Waals surface area contributed by atoms with Crippen molar-refractivity contribution in [3.63, 3.8) is 0 Å². The minimum atomic E-state index is -0.420. The molecular weight excluding hydrogens is 264 g/mol. The lowest BCUT2D eigenvalue weighted by atomic mass is 10.0. The number of hydrogen-bond donors (Lipinski definition) is 3. The maximum absolute atomic E-state index is 11.7. The molecule has 1 amide bonds. The van der Waals surface area contributed by atoms with Gasteiger partial charge in [-0.05, 0) is 25.0 Å². The maximum atomic E-state index is 11.7. The number of imidazole rings is 1. The van der Waals surface area contributed by atoms with Crippen LogP contribution in [0.25, 0.3) is 11.3 Å². The number of H-pyrrole nitrogens is 1. The van der Waals surface area contributed by atoms with E-state index in [2.05, 4.69) is 15.3 Å². The second-order valence-corrected chi connectivity index (χ2v) is 5.43. The van der Waals surface area contributed by atoms with Crippen LogP contribution in [0.5, 0.6) is 0 Å². The van der Waals surface area contributed by atoms with Crippen molar-refractivity contribution in [2.75, 3.05) is 11.9 Å². The quantitative estimate of drug-likeness (QED) is 0.752. The first-order valence-corrected chi connectivity index (χ1v) is 7.46. The number of aromatic nitrogens is 2. The highest BCUT2D eigenvalue weighted by Crippen LogP contribution is 2.31. The molecule has 0 radical (unpaired) electrons. The first kappa shape index (κ1) is 13.7. The average Bonchev–Trinajstić information content (AvgIpc) is 2.93. The van der Waals surface area contributed by atoms with Crippen LogP contribution in [0.15, 0.2) is 24.4 Å². The summed E-state index contributed by atoms with van der Waals surface area (Å²) in [5, 5.41) is 3.42. The summed E-state index contributed by atoms with van der Waals surface area (Å²) in [6, 6.07) is 5.60. The molecule has 2 aromatic rings. The number of nitrogens with two attached hydrogens (primary N) is 1. The van der Waals surface area contributed by atoms with E-state index < -0.39 is 5.91 Å². The predicted molar refractivity (Wildman–Crippen MR) is 83.2 cm³/mol. The molecule has 0 saturated carbocycles. The van der Waals surface area contributed by atoms with Gasteiger partial charge >= 0.3 is 0 Å². The van der Waals surface area contributed by atoms with Crippen molar-refractivity contribution in [3.8, 4) is 11.3 Å². The van der Waals surface area contributed by atoms with Crippen molar-refractivity contribution in [1.29, 1.82) is 0 Å². The lowest BCUT2D eigenvalue weighted by Crippen LogP contribution is -2.14. The number of amides is 1. The zero-order valence-electron chi connectivity index (χ0n) is 12.0. The van der Waals surface area contributed by atoms with E-state index in [0.717, 1.165) is 48.6 Å². The number of carbonyl (C=O) groups is 1. The van der Waals surface area contributed by atoms with Crippen LogP contribution < -0.4 is 11.1 Å². The van der Waals surface area contributed by atoms with E-state index in [0.29, 0.717) is 5.56 Å². The largest absolute Gasteiger partial charge is 0.384 e. The number of fused-ring (bicyclic) bond motifs is 4. The molecule has 0 saturated heterocycles. The summed E-state index contributed by atoms with van der Waals surface area (Å²) in [5.74, 6) is 0.549. The van der Waals surface area contributed by atoms with Crippen molar-refractivity contribution in [2.24, 2.45) is 5.73 Å². The molecule has 21 heavy (non-hydrogen) atoms. The van der Waals surface area contributed by atoms with Crippen LogP contribution >= 0.6 is 0 Å². The van der Waals surface area contributed by atoms with Crippen molar-refractivity contribution < 1.29 is 4.79 Å². The number of rotatable bonds is 1. The molecule has 1 aromatic heterocycles. The normalized spacial score (nSPS) is 15.2. The van der Waals surface area contributed by atoms with Crippen LogP contribution in [0.2, 0.25) is 0 Å². The Bertz CT molecular complexity index is 647. The average molecular weight is 284 g/mol. The molecular formula is C16H20N4O. The number of hydrogen-bond acceptors (Lipinski definition) is 3. The monoisotopic (exact) mass is 284 g/mol. The van der Waals surface area contributed by atoms with Gasteiger partial charge in [0.15, 0.2) is 0 Å². The molecule has 2 heterocycles. The van der Waals surface area contributed by atoms with Gasteiger partial charge in [0.25, 0.3) is 0 Å². The topological polar surface area (TPSA) is 83.8 Å². The predicted octanol–water partition coefficient (Wildman–Crippen LogP) is 2.70. The Balaban J connectivity index is 2.10. The van der Waals surface area contributed by atoms with E-state index >= 15 is 0 Å². The van der Waals surface area contributed by atoms with Crippen molar-refractivity contribution >= 4 is 11.6 Å². The fourth-order valence-corrected chi connectivity index (χ4v) is 2.81. The van der Waals surface area contributed by atoms with Gasteiger partial charge in [-0.1, -0.05) is 18.9 Å². The summed E-state index contributed by atoms with van der Waals surface area (Å²) in [4.78, 5) is 19.5. The van der Waals surface area contributed by atoms with Crippen LogP contribution in [0, 0.1) is 0 Å². The van der Waals surface area contributed by atoms with Gasteiger partial charge in [0.1, 0.15) is 5.82 Å². The van der Waals surface area contributed by atoms with Crippen molar-refractivity contribution in [1.82, 2.24) is 9.97 Å². The Kier molecular flexibility index (Phi) is 3.90. The van der Waals surface area contributed by atoms with Crippen molar-refractivity contribution in [2.45, 2.75) is 32.1 Å². The number of aryl methyl sites for hydroxylation is 1. The lowest BCUT2D eigenvalue weighted by Gasteiger charge is -2.14. The fraction of sp³-hybridized carbons (Fsp3) is 0.375. The molecule has 3 rings (SSSR count). The number of carbonyl (C=O) groups excluding carboxylic acids is 1. The van der Waals surface area contributed by atoms with E-state index in [4.69, 9.17) is 5.73 Å². The first-order valence-electron chi connectivity index (χ1n) is 7.46. The van der Waals surface area contributed by atoms with E-state index in [1.807, 2.05) is 12.1 Å². The summed E-state index contributed by atoms with van der Waals surface area (Å²) < 4.78 is 0. The second-order valence-electron chi connectivity index (χ2n) is 5.43. The summed E-state index contributed by atoms with van der Waals surface area (Å²) in [7, 11) is 0. The fourth-order valence-electron chi connectivity index (χ4n) is 2.81. The van der Waals surface area contributed by atoms with Gasteiger partial charge in [0, 0.05) is 24.2 Å². The molecule has 2 bridgehead atoms. The zero-order valence-corrected chi connectivity index (χ0v) is 12.0. The third kappa shape index (κ3) is 2.91. The molecule has 1 aliphatic heterocycles. The lowest BCUT2D eigenvalue weighted by molar-refractivity contribution is 0.100. The number of primary amides is 1. The van der Waals surface area contributed by atoms with Crippen LogP contribution in [-0.4, -0.2) is 22.4 Å². The number of nitrogens with zero attached hydrogens (tertiary/aromatic N) is 1. The number of aromatic amines is 1. The molecule has 0 atom stereocenters. The van der Waals surface area contributed by atoms with Crippen LogP contribution in [-0.2, 0) is 6.42 Å². The van der Waals surface area contributed by atoms with Crippen LogP contribution in [0.4, 0.5) is 5.69 Å². The highest BCUT2D eigenvalue weighted by Gasteiger charge is 2.16. The Morgan fingerprint density at radius 2 is 2.05 bits per heavy atom. The van der Waals surface area contributed by atoms with Gasteiger partial charge in [0.2, 0.25) is 5.91 Å². The highest BCUT2D eigenvalue weighted by molar-refractivity contribution is 6.02. The van der Waals surface area contributed by atoms with E-state index in [1.165, 1.54) is 12.8 Å². The smallest absolute Gasteiger partial charge is 0.249 e. The summed E-state index contributed by atoms with van der Waals surface area (Å²) >= 11 is 0. The van der Waals surface area contributed by atoms with E-state index in [1.54, 1.807) is 12.3 Å². The Labute approximate surface area is 124 Å². The molecule has 110 valence electrons. The van der Waals surface area contributed by atoms with Gasteiger partial charge in [-0.15, -0.1) is 0 Å². The van der Waals surface area contributed by atoms with Gasteiger partial charge in [0.05, 0.1) is 17.5 Å². The van der Waals surface area contributed by atoms with E-state index in [-0.39, 0.29) is 0 Å². The first-order chi connectivity index (χ1) is 10.3. The van der Waals surface area contributed by atoms with Gasteiger partial charge in [-0.2, -0.15) is 0 Å². The SMILES string of the molecule is NC(=O)c1cccc2c1-c1cnc([nH]1)CCCCCCN2. The summed E-state index contributed by atoms with van der Waals surface area (Å²) in [6.45, 7) is 0.899. The van der Waals surface area contributed by atoms with Gasteiger partial charge in [-0.25, -0.2) is 4.98 Å². The molecule has 1 aromatic carbocycles. The number of benzene rings is 1. The number of nitrogens with one attached hydrogen (secondary N) is 2. The van der Waals surface area contributed by atoms with E-state index in [9.17, 15) is 4.79 Å². The molecule has 0 aliphatic carbocycles. The van der Waals surface area contributed by atoms with Gasteiger partial charge in [-0.3, -0.25) is 4.79 Å². The Morgan fingerprint density at radius 1 is 1.19 bits per heavy atom. The molecule has 0 fully saturated rings. The minimum absolute atomic E-state index is 0.420.